The molecule has 0 bridgehead atoms. The van der Waals surface area contributed by atoms with Gasteiger partial charge in [0.2, 0.25) is 0 Å². The minimum absolute atomic E-state index is 0. The Labute approximate surface area is 96.0 Å². The molecule has 2 N–H and O–H groups in total. The highest BCUT2D eigenvalue weighted by Gasteiger charge is 1.72. The van der Waals surface area contributed by atoms with Crippen molar-refractivity contribution in [2.45, 2.75) is 36.1 Å². The SMILES string of the molecule is C.C.C.CCBr.CCN(C)C.CN. The van der Waals surface area contributed by atoms with E-state index in [1.807, 2.05) is 6.92 Å². The number of nitrogens with two attached hydrogens (primary N) is 1. The van der Waals surface area contributed by atoms with Crippen molar-refractivity contribution in [3.8, 4) is 0 Å². The van der Waals surface area contributed by atoms with Crippen LogP contribution in [-0.4, -0.2) is 37.9 Å². The molecule has 0 unspecified atom stereocenters. The van der Waals surface area contributed by atoms with Crippen LogP contribution in [0.5, 0.6) is 0 Å². The number of halogens is 1. The first-order valence-corrected chi connectivity index (χ1v) is 4.59. The fourth-order valence-corrected chi connectivity index (χ4v) is 0. The van der Waals surface area contributed by atoms with Gasteiger partial charge in [0.15, 0.2) is 0 Å². The second-order valence-electron chi connectivity index (χ2n) is 1.66. The Morgan fingerprint density at radius 3 is 1.08 bits per heavy atom. The van der Waals surface area contributed by atoms with Gasteiger partial charge in [-0.05, 0) is 27.7 Å². The van der Waals surface area contributed by atoms with E-state index in [9.17, 15) is 0 Å². The van der Waals surface area contributed by atoms with Gasteiger partial charge in [-0.15, -0.1) is 0 Å². The van der Waals surface area contributed by atoms with Crippen LogP contribution in [-0.2, 0) is 0 Å². The molecule has 0 amide bonds. The van der Waals surface area contributed by atoms with Gasteiger partial charge in [0.25, 0.3) is 0 Å². The number of hydrogen-bond acceptors (Lipinski definition) is 2. The van der Waals surface area contributed by atoms with Crippen molar-refractivity contribution in [1.82, 2.24) is 4.90 Å². The van der Waals surface area contributed by atoms with Crippen molar-refractivity contribution >= 4 is 15.9 Å². The Morgan fingerprint density at radius 1 is 1.00 bits per heavy atom. The van der Waals surface area contributed by atoms with Crippen LogP contribution in [0.4, 0.5) is 0 Å². The van der Waals surface area contributed by atoms with Gasteiger partial charge in [0, 0.05) is 5.33 Å². The maximum absolute atomic E-state index is 4.50. The van der Waals surface area contributed by atoms with E-state index >= 15 is 0 Å². The molecule has 90 valence electrons. The smallest absolute Gasteiger partial charge is 0.000281 e. The third-order valence-corrected chi connectivity index (χ3v) is 0.632. The molecular formula is C10H33BrN2. The zero-order chi connectivity index (χ0) is 8.99. The van der Waals surface area contributed by atoms with Crippen molar-refractivity contribution < 1.29 is 0 Å². The summed E-state index contributed by atoms with van der Waals surface area (Å²) in [4.78, 5) is 2.12. The maximum atomic E-state index is 4.50. The topological polar surface area (TPSA) is 29.3 Å². The van der Waals surface area contributed by atoms with E-state index in [1.165, 1.54) is 7.05 Å². The number of hydrogen-bond donors (Lipinski definition) is 1. The normalized spacial score (nSPS) is 5.54. The summed E-state index contributed by atoms with van der Waals surface area (Å²) in [6.45, 7) is 5.31. The fraction of sp³-hybridized carbons (Fsp3) is 1.00. The minimum Gasteiger partial charge on any atom is -0.333 e. The molecular weight excluding hydrogens is 228 g/mol. The van der Waals surface area contributed by atoms with E-state index < -0.39 is 0 Å². The van der Waals surface area contributed by atoms with Crippen molar-refractivity contribution in [3.63, 3.8) is 0 Å². The second kappa shape index (κ2) is 55.3. The van der Waals surface area contributed by atoms with Gasteiger partial charge >= 0.3 is 0 Å². The molecule has 0 fully saturated rings. The van der Waals surface area contributed by atoms with Gasteiger partial charge in [0.1, 0.15) is 0 Å². The fourth-order valence-electron chi connectivity index (χ4n) is 0. The molecule has 0 heterocycles. The molecule has 0 aliphatic heterocycles. The third kappa shape index (κ3) is 233. The Morgan fingerprint density at radius 2 is 1.08 bits per heavy atom. The molecule has 0 atom stereocenters. The van der Waals surface area contributed by atoms with E-state index in [0.717, 1.165) is 11.9 Å². The summed E-state index contributed by atoms with van der Waals surface area (Å²) in [5, 5.41) is 1.06. The predicted octanol–water partition coefficient (Wildman–Crippen LogP) is 3.45. The van der Waals surface area contributed by atoms with Gasteiger partial charge in [-0.25, -0.2) is 0 Å². The summed E-state index contributed by atoms with van der Waals surface area (Å²) in [5.41, 5.74) is 4.50. The van der Waals surface area contributed by atoms with Crippen LogP contribution in [0.2, 0.25) is 0 Å². The highest BCUT2D eigenvalue weighted by molar-refractivity contribution is 9.09. The number of rotatable bonds is 1. The quantitative estimate of drug-likeness (QED) is 0.732. The average Bonchev–Trinajstić information content (AvgIpc) is 1.94. The summed E-state index contributed by atoms with van der Waals surface area (Å²) in [5.74, 6) is 0. The molecule has 3 heteroatoms. The number of alkyl halides is 1. The zero-order valence-electron chi connectivity index (χ0n) is 7.82. The van der Waals surface area contributed by atoms with Crippen molar-refractivity contribution in [1.29, 1.82) is 0 Å². The highest BCUT2D eigenvalue weighted by Crippen LogP contribution is 1.67. The van der Waals surface area contributed by atoms with E-state index in [0.29, 0.717) is 0 Å². The third-order valence-electron chi connectivity index (χ3n) is 0.632. The molecule has 13 heavy (non-hydrogen) atoms. The van der Waals surface area contributed by atoms with Gasteiger partial charge in [-0.2, -0.15) is 0 Å². The van der Waals surface area contributed by atoms with Crippen LogP contribution in [0, 0.1) is 0 Å². The lowest BCUT2D eigenvalue weighted by atomic mass is 10.7. The summed E-state index contributed by atoms with van der Waals surface area (Å²) in [6, 6.07) is 0. The van der Waals surface area contributed by atoms with E-state index in [2.05, 4.69) is 47.6 Å². The summed E-state index contributed by atoms with van der Waals surface area (Å²) in [6.07, 6.45) is 0. The summed E-state index contributed by atoms with van der Waals surface area (Å²) >= 11 is 3.15. The lowest BCUT2D eigenvalue weighted by molar-refractivity contribution is 0.434. The van der Waals surface area contributed by atoms with Gasteiger partial charge < -0.3 is 10.6 Å². The molecule has 0 spiro atoms. The first-order valence-electron chi connectivity index (χ1n) is 3.47. The largest absolute Gasteiger partial charge is 0.333 e. The van der Waals surface area contributed by atoms with Crippen LogP contribution < -0.4 is 5.73 Å². The Hall–Kier alpha value is 0.400. The molecule has 2 nitrogen and oxygen atoms in total. The maximum Gasteiger partial charge on any atom is 0.000281 e. The lowest BCUT2D eigenvalue weighted by Gasteiger charge is -2.00. The van der Waals surface area contributed by atoms with Crippen LogP contribution >= 0.6 is 15.9 Å². The minimum atomic E-state index is 0. The van der Waals surface area contributed by atoms with Gasteiger partial charge in [-0.1, -0.05) is 52.1 Å². The van der Waals surface area contributed by atoms with Crippen molar-refractivity contribution in [2.75, 3.05) is 33.0 Å². The first-order chi connectivity index (χ1) is 4.68. The molecule has 0 saturated heterocycles. The molecule has 0 aromatic heterocycles. The summed E-state index contributed by atoms with van der Waals surface area (Å²) in [7, 11) is 5.61. The molecule has 0 saturated carbocycles. The molecule has 0 aromatic carbocycles. The zero-order valence-corrected chi connectivity index (χ0v) is 9.40. The Bertz CT molecular complexity index is 34.1. The van der Waals surface area contributed by atoms with Crippen LogP contribution in [0.3, 0.4) is 0 Å². The number of nitrogens with zero attached hydrogens (tertiary/aromatic N) is 1. The van der Waals surface area contributed by atoms with E-state index in [4.69, 9.17) is 0 Å². The molecule has 0 aliphatic rings. The standard InChI is InChI=1S/C4H11N.C2H5Br.CH5N.3CH4/c1-4-5(2)3;1-2-3;1-2;;;/h4H2,1-3H3;2H2,1H3;2H2,1H3;3*1H4. The van der Waals surface area contributed by atoms with Gasteiger partial charge in [0.05, 0.1) is 0 Å². The Balaban J connectivity index is -0.0000000138. The lowest BCUT2D eigenvalue weighted by Crippen LogP contribution is -2.08. The molecule has 0 rings (SSSR count). The van der Waals surface area contributed by atoms with Crippen LogP contribution in [0.25, 0.3) is 0 Å². The van der Waals surface area contributed by atoms with E-state index in [-0.39, 0.29) is 22.3 Å². The van der Waals surface area contributed by atoms with E-state index in [1.54, 1.807) is 0 Å². The van der Waals surface area contributed by atoms with Gasteiger partial charge in [-0.3, -0.25) is 0 Å². The first kappa shape index (κ1) is 37.6. The molecule has 0 aliphatic carbocycles. The summed E-state index contributed by atoms with van der Waals surface area (Å²) < 4.78 is 0. The predicted molar refractivity (Wildman–Crippen MR) is 74.0 cm³/mol. The average molecular weight is 261 g/mol. The highest BCUT2D eigenvalue weighted by atomic mass is 79.9. The Kier molecular flexibility index (Phi) is 160. The second-order valence-corrected chi connectivity index (χ2v) is 2.78. The van der Waals surface area contributed by atoms with Crippen LogP contribution in [0.1, 0.15) is 36.1 Å². The van der Waals surface area contributed by atoms with Crippen LogP contribution in [0.15, 0.2) is 0 Å². The monoisotopic (exact) mass is 260 g/mol. The van der Waals surface area contributed by atoms with Crippen molar-refractivity contribution in [3.05, 3.63) is 0 Å². The van der Waals surface area contributed by atoms with Crippen molar-refractivity contribution in [2.24, 2.45) is 5.73 Å². The molecule has 0 aromatic rings. The molecule has 0 radical (unpaired) electrons.